The molecule has 0 saturated heterocycles. The third-order valence-electron chi connectivity index (χ3n) is 2.67. The average Bonchev–Trinajstić information content (AvgIpc) is 2.33. The Morgan fingerprint density at radius 3 is 2.71 bits per heavy atom. The van der Waals surface area contributed by atoms with E-state index in [1.165, 1.54) is 0 Å². The first kappa shape index (κ1) is 14.9. The second-order valence-corrected chi connectivity index (χ2v) is 4.97. The number of hydrogen-bond acceptors (Lipinski definition) is 2. The molecule has 1 N–H and O–H groups in total. The summed E-state index contributed by atoms with van der Waals surface area (Å²) < 4.78 is 19.9. The van der Waals surface area contributed by atoms with Crippen molar-refractivity contribution >= 4 is 27.5 Å². The summed E-state index contributed by atoms with van der Waals surface area (Å²) in [5.41, 5.74) is 0.523. The van der Waals surface area contributed by atoms with Gasteiger partial charge in [-0.05, 0) is 35.5 Å². The third-order valence-corrected chi connectivity index (χ3v) is 3.92. The molecule has 0 radical (unpaired) electrons. The maximum Gasteiger partial charge on any atom is 0.147 e. The first-order valence-corrected chi connectivity index (χ1v) is 6.59. The highest BCUT2D eigenvalue weighted by molar-refractivity contribution is 9.10. The minimum absolute atomic E-state index is 0.105. The van der Waals surface area contributed by atoms with Crippen molar-refractivity contribution in [3.05, 3.63) is 33.0 Å². The van der Waals surface area contributed by atoms with Crippen molar-refractivity contribution in [3.8, 4) is 0 Å². The Labute approximate surface area is 115 Å². The summed E-state index contributed by atoms with van der Waals surface area (Å²) in [6.45, 7) is 4.59. The standard InChI is InChI=1S/C12H16BrClFNO/c1-4-16-12(7(2)17-3)8-5-6-9(13)10(14)11(8)15/h5-7,12,16H,4H2,1-3H3. The average molecular weight is 325 g/mol. The Balaban J connectivity index is 3.14. The van der Waals surface area contributed by atoms with Crippen LogP contribution in [0.4, 0.5) is 4.39 Å². The van der Waals surface area contributed by atoms with Crippen molar-refractivity contribution in [2.75, 3.05) is 13.7 Å². The van der Waals surface area contributed by atoms with Crippen LogP contribution in [0.15, 0.2) is 16.6 Å². The normalized spacial score (nSPS) is 14.7. The Morgan fingerprint density at radius 2 is 2.18 bits per heavy atom. The summed E-state index contributed by atoms with van der Waals surface area (Å²) in [5.74, 6) is -0.407. The molecule has 0 spiro atoms. The number of methoxy groups -OCH3 is 1. The zero-order chi connectivity index (χ0) is 13.0. The van der Waals surface area contributed by atoms with E-state index in [4.69, 9.17) is 16.3 Å². The molecule has 0 aliphatic carbocycles. The van der Waals surface area contributed by atoms with E-state index < -0.39 is 5.82 Å². The Hall–Kier alpha value is -0.160. The Bertz CT molecular complexity index is 389. The first-order valence-electron chi connectivity index (χ1n) is 5.42. The highest BCUT2D eigenvalue weighted by Crippen LogP contribution is 2.31. The van der Waals surface area contributed by atoms with Gasteiger partial charge in [0.05, 0.1) is 17.2 Å². The van der Waals surface area contributed by atoms with Gasteiger partial charge in [-0.15, -0.1) is 0 Å². The molecule has 0 heterocycles. The maximum absolute atomic E-state index is 14.1. The van der Waals surface area contributed by atoms with E-state index in [1.807, 2.05) is 13.8 Å². The summed E-state index contributed by atoms with van der Waals surface area (Å²) in [6.07, 6.45) is -0.137. The molecule has 0 aliphatic rings. The van der Waals surface area contributed by atoms with Gasteiger partial charge in [0, 0.05) is 17.1 Å². The van der Waals surface area contributed by atoms with Crippen LogP contribution in [0.1, 0.15) is 25.5 Å². The van der Waals surface area contributed by atoms with Crippen LogP contribution in [0.25, 0.3) is 0 Å². The van der Waals surface area contributed by atoms with Crippen molar-refractivity contribution in [1.82, 2.24) is 5.32 Å². The van der Waals surface area contributed by atoms with Crippen LogP contribution in [0.2, 0.25) is 5.02 Å². The lowest BCUT2D eigenvalue weighted by Gasteiger charge is -2.25. The van der Waals surface area contributed by atoms with Gasteiger partial charge in [-0.2, -0.15) is 0 Å². The summed E-state index contributed by atoms with van der Waals surface area (Å²) in [4.78, 5) is 0. The van der Waals surface area contributed by atoms with E-state index in [9.17, 15) is 4.39 Å². The lowest BCUT2D eigenvalue weighted by molar-refractivity contribution is 0.0823. The molecule has 5 heteroatoms. The van der Waals surface area contributed by atoms with Crippen molar-refractivity contribution < 1.29 is 9.13 Å². The first-order chi connectivity index (χ1) is 8.02. The quantitative estimate of drug-likeness (QED) is 0.829. The van der Waals surface area contributed by atoms with Crippen LogP contribution in [-0.4, -0.2) is 19.8 Å². The second-order valence-electron chi connectivity index (χ2n) is 3.74. The number of nitrogens with one attached hydrogen (secondary N) is 1. The van der Waals surface area contributed by atoms with Crippen LogP contribution >= 0.6 is 27.5 Å². The van der Waals surface area contributed by atoms with Gasteiger partial charge in [0.1, 0.15) is 5.82 Å². The van der Waals surface area contributed by atoms with Gasteiger partial charge in [0.2, 0.25) is 0 Å². The fourth-order valence-electron chi connectivity index (χ4n) is 1.67. The van der Waals surface area contributed by atoms with Gasteiger partial charge >= 0.3 is 0 Å². The minimum atomic E-state index is -0.407. The van der Waals surface area contributed by atoms with Gasteiger partial charge in [-0.25, -0.2) is 4.39 Å². The van der Waals surface area contributed by atoms with E-state index in [1.54, 1.807) is 19.2 Å². The summed E-state index contributed by atoms with van der Waals surface area (Å²) in [5, 5.41) is 3.30. The van der Waals surface area contributed by atoms with E-state index >= 15 is 0 Å². The fraction of sp³-hybridized carbons (Fsp3) is 0.500. The number of hydrogen-bond donors (Lipinski definition) is 1. The van der Waals surface area contributed by atoms with Gasteiger partial charge in [-0.1, -0.05) is 24.6 Å². The van der Waals surface area contributed by atoms with Crippen molar-refractivity contribution in [2.24, 2.45) is 0 Å². The summed E-state index contributed by atoms with van der Waals surface area (Å²) in [7, 11) is 1.60. The molecule has 0 amide bonds. The van der Waals surface area contributed by atoms with Gasteiger partial charge in [0.25, 0.3) is 0 Å². The maximum atomic E-state index is 14.1. The summed E-state index contributed by atoms with van der Waals surface area (Å²) in [6, 6.07) is 3.25. The SMILES string of the molecule is CCNC(c1ccc(Br)c(Cl)c1F)C(C)OC. The molecule has 2 unspecified atom stereocenters. The van der Waals surface area contributed by atoms with Crippen LogP contribution in [0, 0.1) is 5.82 Å². The van der Waals surface area contributed by atoms with E-state index in [2.05, 4.69) is 21.2 Å². The zero-order valence-electron chi connectivity index (χ0n) is 10.1. The molecule has 2 nitrogen and oxygen atoms in total. The van der Waals surface area contributed by atoms with Crippen molar-refractivity contribution in [1.29, 1.82) is 0 Å². The molecule has 17 heavy (non-hydrogen) atoms. The minimum Gasteiger partial charge on any atom is -0.380 e. The molecule has 1 rings (SSSR count). The third kappa shape index (κ3) is 3.41. The fourth-order valence-corrected chi connectivity index (χ4v) is 2.14. The highest BCUT2D eigenvalue weighted by atomic mass is 79.9. The van der Waals surface area contributed by atoms with Gasteiger partial charge < -0.3 is 10.1 Å². The summed E-state index contributed by atoms with van der Waals surface area (Å²) >= 11 is 9.08. The Morgan fingerprint density at radius 1 is 1.53 bits per heavy atom. The lowest BCUT2D eigenvalue weighted by Crippen LogP contribution is -2.32. The van der Waals surface area contributed by atoms with Crippen molar-refractivity contribution in [2.45, 2.75) is 26.0 Å². The number of likely N-dealkylation sites (N-methyl/N-ethyl adjacent to an activating group) is 1. The van der Waals surface area contributed by atoms with Crippen molar-refractivity contribution in [3.63, 3.8) is 0 Å². The van der Waals surface area contributed by atoms with E-state index in [0.717, 1.165) is 6.54 Å². The largest absolute Gasteiger partial charge is 0.380 e. The molecular formula is C12H16BrClFNO. The van der Waals surface area contributed by atoms with E-state index in [-0.39, 0.29) is 17.2 Å². The second kappa shape index (κ2) is 6.69. The number of benzene rings is 1. The Kier molecular flexibility index (Phi) is 5.86. The molecule has 0 aliphatic heterocycles. The number of ether oxygens (including phenoxy) is 1. The number of rotatable bonds is 5. The predicted molar refractivity (Wildman–Crippen MR) is 72.0 cm³/mol. The highest BCUT2D eigenvalue weighted by Gasteiger charge is 2.23. The topological polar surface area (TPSA) is 21.3 Å². The predicted octanol–water partition coefficient (Wildman–Crippen LogP) is 3.93. The van der Waals surface area contributed by atoms with Gasteiger partial charge in [-0.3, -0.25) is 0 Å². The lowest BCUT2D eigenvalue weighted by atomic mass is 10.0. The van der Waals surface area contributed by atoms with Crippen LogP contribution in [0.3, 0.4) is 0 Å². The molecule has 0 fully saturated rings. The molecule has 96 valence electrons. The molecule has 1 aromatic rings. The van der Waals surface area contributed by atoms with Gasteiger partial charge in [0.15, 0.2) is 0 Å². The molecule has 0 aromatic heterocycles. The van der Waals surface area contributed by atoms with Crippen LogP contribution in [0.5, 0.6) is 0 Å². The molecule has 2 atom stereocenters. The zero-order valence-corrected chi connectivity index (χ0v) is 12.4. The number of halogens is 3. The molecule has 0 saturated carbocycles. The van der Waals surface area contributed by atoms with E-state index in [0.29, 0.717) is 10.0 Å². The molecule has 0 bridgehead atoms. The molecule has 1 aromatic carbocycles. The van der Waals surface area contributed by atoms with Crippen LogP contribution < -0.4 is 5.32 Å². The van der Waals surface area contributed by atoms with Crippen LogP contribution in [-0.2, 0) is 4.74 Å². The molecular weight excluding hydrogens is 308 g/mol. The smallest absolute Gasteiger partial charge is 0.147 e. The monoisotopic (exact) mass is 323 g/mol.